The highest BCUT2D eigenvalue weighted by Crippen LogP contribution is 2.35. The normalized spacial score (nSPS) is 22.7. The van der Waals surface area contributed by atoms with Crippen LogP contribution in [0.25, 0.3) is 0 Å². The number of unbranched alkanes of at least 4 members (excludes halogenated alkanes) is 1. The molecular weight excluding hydrogens is 378 g/mol. The molecule has 1 atom stereocenters. The SMILES string of the molecule is CCCCC(=O)N1CCC[C@](COc2ccccc2)(CC(=O)N2CCN(C)CC2)C1. The lowest BCUT2D eigenvalue weighted by atomic mass is 9.77. The number of ether oxygens (including phenoxy) is 1. The Kier molecular flexibility index (Phi) is 8.14. The van der Waals surface area contributed by atoms with E-state index in [9.17, 15) is 9.59 Å². The predicted molar refractivity (Wildman–Crippen MR) is 118 cm³/mol. The van der Waals surface area contributed by atoms with Gasteiger partial charge >= 0.3 is 0 Å². The molecule has 3 rings (SSSR count). The number of piperidine rings is 1. The summed E-state index contributed by atoms with van der Waals surface area (Å²) in [6.07, 6.45) is 4.81. The van der Waals surface area contributed by atoms with E-state index in [0.717, 1.165) is 64.2 Å². The second-order valence-corrected chi connectivity index (χ2v) is 8.98. The third-order valence-corrected chi connectivity index (χ3v) is 6.43. The Bertz CT molecular complexity index is 688. The van der Waals surface area contributed by atoms with Crippen molar-refractivity contribution in [2.45, 2.75) is 45.4 Å². The first-order chi connectivity index (χ1) is 14.5. The van der Waals surface area contributed by atoms with Crippen LogP contribution in [0.4, 0.5) is 0 Å². The quantitative estimate of drug-likeness (QED) is 0.655. The van der Waals surface area contributed by atoms with Crippen molar-refractivity contribution >= 4 is 11.8 Å². The summed E-state index contributed by atoms with van der Waals surface area (Å²) in [6.45, 7) is 7.38. The Morgan fingerprint density at radius 3 is 2.43 bits per heavy atom. The predicted octanol–water partition coefficient (Wildman–Crippen LogP) is 3.03. The van der Waals surface area contributed by atoms with Gasteiger partial charge in [0.05, 0.1) is 6.61 Å². The summed E-state index contributed by atoms with van der Waals surface area (Å²) in [4.78, 5) is 32.1. The van der Waals surface area contributed by atoms with Gasteiger partial charge in [-0.3, -0.25) is 9.59 Å². The van der Waals surface area contributed by atoms with Crippen molar-refractivity contribution in [1.82, 2.24) is 14.7 Å². The Morgan fingerprint density at radius 1 is 1.00 bits per heavy atom. The van der Waals surface area contributed by atoms with E-state index in [0.29, 0.717) is 26.0 Å². The van der Waals surface area contributed by atoms with Crippen LogP contribution in [0, 0.1) is 5.41 Å². The number of amides is 2. The molecule has 2 fully saturated rings. The van der Waals surface area contributed by atoms with E-state index in [1.807, 2.05) is 40.1 Å². The summed E-state index contributed by atoms with van der Waals surface area (Å²) >= 11 is 0. The van der Waals surface area contributed by atoms with E-state index in [2.05, 4.69) is 18.9 Å². The van der Waals surface area contributed by atoms with Gasteiger partial charge in [-0.2, -0.15) is 0 Å². The van der Waals surface area contributed by atoms with Gasteiger partial charge in [-0.25, -0.2) is 0 Å². The summed E-state index contributed by atoms with van der Waals surface area (Å²) in [5, 5.41) is 0. The molecule has 2 aliphatic heterocycles. The van der Waals surface area contributed by atoms with Gasteiger partial charge in [-0.1, -0.05) is 31.5 Å². The van der Waals surface area contributed by atoms with Crippen LogP contribution in [0.2, 0.25) is 0 Å². The van der Waals surface area contributed by atoms with Gasteiger partial charge in [0, 0.05) is 57.5 Å². The van der Waals surface area contributed by atoms with E-state index in [1.165, 1.54) is 0 Å². The Labute approximate surface area is 181 Å². The average molecular weight is 416 g/mol. The van der Waals surface area contributed by atoms with Crippen LogP contribution >= 0.6 is 0 Å². The minimum Gasteiger partial charge on any atom is -0.493 e. The largest absolute Gasteiger partial charge is 0.493 e. The van der Waals surface area contributed by atoms with Crippen LogP contribution in [0.3, 0.4) is 0 Å². The van der Waals surface area contributed by atoms with Crippen molar-refractivity contribution in [3.8, 4) is 5.75 Å². The molecule has 0 spiro atoms. The number of nitrogens with zero attached hydrogens (tertiary/aromatic N) is 3. The van der Waals surface area contributed by atoms with E-state index >= 15 is 0 Å². The minimum atomic E-state index is -0.323. The first kappa shape index (κ1) is 22.6. The number of carbonyl (C=O) groups excluding carboxylic acids is 2. The zero-order valence-electron chi connectivity index (χ0n) is 18.6. The molecule has 6 nitrogen and oxygen atoms in total. The molecule has 166 valence electrons. The minimum absolute atomic E-state index is 0.197. The first-order valence-corrected chi connectivity index (χ1v) is 11.4. The van der Waals surface area contributed by atoms with Crippen LogP contribution < -0.4 is 4.74 Å². The molecular formula is C24H37N3O3. The van der Waals surface area contributed by atoms with Crippen molar-refractivity contribution in [3.63, 3.8) is 0 Å². The van der Waals surface area contributed by atoms with Gasteiger partial charge in [0.25, 0.3) is 0 Å². The van der Waals surface area contributed by atoms with Gasteiger partial charge in [0.1, 0.15) is 5.75 Å². The van der Waals surface area contributed by atoms with Crippen LogP contribution in [-0.4, -0.2) is 79.4 Å². The summed E-state index contributed by atoms with van der Waals surface area (Å²) in [6, 6.07) is 9.78. The molecule has 2 saturated heterocycles. The van der Waals surface area contributed by atoms with E-state index in [4.69, 9.17) is 4.74 Å². The van der Waals surface area contributed by atoms with E-state index in [1.54, 1.807) is 0 Å². The molecule has 30 heavy (non-hydrogen) atoms. The summed E-state index contributed by atoms with van der Waals surface area (Å²) < 4.78 is 6.15. The van der Waals surface area contributed by atoms with Crippen molar-refractivity contribution in [1.29, 1.82) is 0 Å². The van der Waals surface area contributed by atoms with Crippen molar-refractivity contribution in [3.05, 3.63) is 30.3 Å². The Morgan fingerprint density at radius 2 is 1.73 bits per heavy atom. The smallest absolute Gasteiger partial charge is 0.223 e. The standard InChI is InChI=1S/C24H37N3O3/c1-3-4-11-22(28)27-13-8-12-24(19-27,20-30-21-9-6-5-7-10-21)18-23(29)26-16-14-25(2)15-17-26/h5-7,9-10H,3-4,8,11-20H2,1-2H3/t24-/m0/s1. The zero-order valence-corrected chi connectivity index (χ0v) is 18.6. The van der Waals surface area contributed by atoms with Gasteiger partial charge < -0.3 is 19.4 Å². The molecule has 1 aromatic carbocycles. The molecule has 2 amide bonds. The lowest BCUT2D eigenvalue weighted by Gasteiger charge is -2.43. The summed E-state index contributed by atoms with van der Waals surface area (Å²) in [5.74, 6) is 1.23. The Balaban J connectivity index is 1.70. The second kappa shape index (κ2) is 10.8. The molecule has 6 heteroatoms. The fourth-order valence-electron chi connectivity index (χ4n) is 4.46. The second-order valence-electron chi connectivity index (χ2n) is 8.98. The molecule has 2 heterocycles. The number of benzene rings is 1. The summed E-state index contributed by atoms with van der Waals surface area (Å²) in [7, 11) is 2.10. The van der Waals surface area contributed by atoms with Crippen molar-refractivity contribution in [2.75, 3.05) is 52.9 Å². The van der Waals surface area contributed by atoms with Crippen LogP contribution in [-0.2, 0) is 9.59 Å². The number of likely N-dealkylation sites (N-methyl/N-ethyl adjacent to an activating group) is 1. The highest BCUT2D eigenvalue weighted by atomic mass is 16.5. The number of piperazine rings is 1. The monoisotopic (exact) mass is 415 g/mol. The third-order valence-electron chi connectivity index (χ3n) is 6.43. The highest BCUT2D eigenvalue weighted by molar-refractivity contribution is 5.78. The molecule has 0 saturated carbocycles. The maximum absolute atomic E-state index is 13.2. The van der Waals surface area contributed by atoms with Crippen LogP contribution in [0.5, 0.6) is 5.75 Å². The molecule has 2 aliphatic rings. The Hall–Kier alpha value is -2.08. The average Bonchev–Trinajstić information content (AvgIpc) is 2.77. The van der Waals surface area contributed by atoms with Gasteiger partial charge in [0.15, 0.2) is 0 Å². The number of hydrogen-bond donors (Lipinski definition) is 0. The maximum atomic E-state index is 13.2. The van der Waals surface area contributed by atoms with Crippen LogP contribution in [0.1, 0.15) is 45.4 Å². The molecule has 0 aromatic heterocycles. The molecule has 0 N–H and O–H groups in total. The molecule has 0 unspecified atom stereocenters. The van der Waals surface area contributed by atoms with Crippen molar-refractivity contribution in [2.24, 2.45) is 5.41 Å². The lowest BCUT2D eigenvalue weighted by molar-refractivity contribution is -0.142. The highest BCUT2D eigenvalue weighted by Gasteiger charge is 2.41. The number of rotatable bonds is 8. The number of likely N-dealkylation sites (tertiary alicyclic amines) is 1. The molecule has 0 aliphatic carbocycles. The van der Waals surface area contributed by atoms with E-state index in [-0.39, 0.29) is 17.2 Å². The number of carbonyl (C=O) groups is 2. The van der Waals surface area contributed by atoms with Gasteiger partial charge in [-0.15, -0.1) is 0 Å². The van der Waals surface area contributed by atoms with E-state index < -0.39 is 0 Å². The number of hydrogen-bond acceptors (Lipinski definition) is 4. The van der Waals surface area contributed by atoms with Gasteiger partial charge in [0.2, 0.25) is 11.8 Å². The fourth-order valence-corrected chi connectivity index (χ4v) is 4.46. The number of para-hydroxylation sites is 1. The molecule has 0 bridgehead atoms. The molecule has 0 radical (unpaired) electrons. The van der Waals surface area contributed by atoms with Gasteiger partial charge in [-0.05, 0) is 38.4 Å². The maximum Gasteiger partial charge on any atom is 0.223 e. The van der Waals surface area contributed by atoms with Crippen LogP contribution in [0.15, 0.2) is 30.3 Å². The first-order valence-electron chi connectivity index (χ1n) is 11.4. The third kappa shape index (κ3) is 6.21. The van der Waals surface area contributed by atoms with Crippen molar-refractivity contribution < 1.29 is 14.3 Å². The lowest BCUT2D eigenvalue weighted by Crippen LogP contribution is -2.53. The fraction of sp³-hybridized carbons (Fsp3) is 0.667. The summed E-state index contributed by atoms with van der Waals surface area (Å²) in [5.41, 5.74) is -0.323. The topological polar surface area (TPSA) is 53.1 Å². The molecule has 1 aromatic rings. The zero-order chi connectivity index (χ0) is 21.4.